The molecule has 10 heterocycles. The Balaban J connectivity index is 0.000000137. The molecule has 9 aromatic carbocycles. The second kappa shape index (κ2) is 42.9. The van der Waals surface area contributed by atoms with Gasteiger partial charge in [0.1, 0.15) is 27.3 Å². The van der Waals surface area contributed by atoms with Crippen LogP contribution in [0.3, 0.4) is 0 Å². The first-order valence-electron chi connectivity index (χ1n) is 45.9. The fourth-order valence-electron chi connectivity index (χ4n) is 17.6. The average molecular weight is 2150 g/mol. The molecule has 0 radical (unpaired) electrons. The zero-order valence-corrected chi connectivity index (χ0v) is 87.8. The molecule has 5 aliphatic heterocycles. The predicted molar refractivity (Wildman–Crippen MR) is 576 cm³/mol. The van der Waals surface area contributed by atoms with Gasteiger partial charge >= 0.3 is 0 Å². The zero-order chi connectivity index (χ0) is 104. The molecule has 740 valence electrons. The van der Waals surface area contributed by atoms with Gasteiger partial charge in [-0.3, -0.25) is 58.3 Å². The van der Waals surface area contributed by atoms with E-state index in [9.17, 15) is 37.2 Å². The smallest absolute Gasteiger partial charge is 0.266 e. The highest BCUT2D eigenvalue weighted by atomic mass is 79.9. The van der Waals surface area contributed by atoms with Crippen LogP contribution in [0.15, 0.2) is 328 Å². The van der Waals surface area contributed by atoms with Crippen molar-refractivity contribution in [1.29, 1.82) is 5.26 Å². The van der Waals surface area contributed by atoms with Gasteiger partial charge in [-0.05, 0) is 223 Å². The Morgan fingerprint density at radius 2 is 1.21 bits per heavy atom. The summed E-state index contributed by atoms with van der Waals surface area (Å²) in [4.78, 5) is 115. The van der Waals surface area contributed by atoms with Gasteiger partial charge in [0.2, 0.25) is 27.7 Å². The van der Waals surface area contributed by atoms with Gasteiger partial charge in [-0.1, -0.05) is 208 Å². The standard InChI is InChI=1S/C30H26N4O2.C22H18BrN5O2S.C20H24BrN3OS.C19H21ClN4O3S.C18H17N5O/c31-29-33-30(25-15-6-2-7-16-25,26-17-8-3-9-18-26)28(36)34(29)21-23-13-10-14-24(19-23)27(35)32-20-22-11-4-1-5-12-22;1-22(17-10-14(11-31-17)15-4-6-18(23)27-26-15)19(20(29)28(2)21(24)25-22)13-3-5-16-12(9-13)7-8-30-16;1-19(2,3)12-6-8-13(9-7-12)20(4)16(15-10-14(21)11-26-15)23-18(22)24(5)17(20)25;1-19(17(25)24(2)18(21)23-19)14-6-4-5-12(9-14)16-10-15(20)8-7-13(16)11-22-28(3,26)27;1-18(10-16(24)23(2)17(20)22-18)15-8-4-7-14(21-15)13-6-3-5-12(9-13)11-19/h1-19H,20-21H2,(H2,31,33)(H,32,35);3-11,19H,1-2H3,(H2,24,25);6-11,16H,1-5H3,(H2,22,23);4-10,22H,11H2,1-3H3,(H2,21,23);3-9H,10H2,1-2H3,(H2,20,22)/t;19?,22-;16-,20-;;18-/m.11.0/s1. The maximum Gasteiger partial charge on any atom is 0.266 e. The van der Waals surface area contributed by atoms with Crippen LogP contribution >= 0.6 is 66.1 Å². The van der Waals surface area contributed by atoms with E-state index in [-0.39, 0.29) is 96.2 Å². The molecule has 2 unspecified atom stereocenters. The van der Waals surface area contributed by atoms with E-state index in [4.69, 9.17) is 59.9 Å². The molecule has 6 amide bonds. The highest BCUT2D eigenvalue weighted by Crippen LogP contribution is 2.50. The molecular formula is C109H106Br2ClN21O9S3. The first kappa shape index (κ1) is 104. The molecule has 0 bridgehead atoms. The van der Waals surface area contributed by atoms with Gasteiger partial charge in [0.25, 0.3) is 17.7 Å². The number of furan rings is 1. The lowest BCUT2D eigenvalue weighted by molar-refractivity contribution is -0.134. The topological polar surface area (TPSA) is 444 Å². The van der Waals surface area contributed by atoms with Crippen molar-refractivity contribution in [2.75, 3.05) is 34.4 Å². The summed E-state index contributed by atoms with van der Waals surface area (Å²) in [5.74, 6) is -0.436. The number of halogens is 3. The second-order valence-corrected chi connectivity index (χ2v) is 42.9. The minimum absolute atomic E-state index is 0.0389. The Labute approximate surface area is 870 Å². The van der Waals surface area contributed by atoms with Gasteiger partial charge in [-0.15, -0.1) is 32.9 Å². The van der Waals surface area contributed by atoms with Crippen molar-refractivity contribution < 1.29 is 41.6 Å². The quantitative estimate of drug-likeness (QED) is 0.0395. The number of sulfonamides is 1. The Hall–Kier alpha value is -15.0. The lowest BCUT2D eigenvalue weighted by Crippen LogP contribution is -2.55. The maximum atomic E-state index is 14.0. The van der Waals surface area contributed by atoms with Crippen LogP contribution in [0.25, 0.3) is 44.6 Å². The normalized spacial score (nSPS) is 19.7. The van der Waals surface area contributed by atoms with Crippen LogP contribution in [0.4, 0.5) is 0 Å². The number of likely N-dealkylation sites (N-methyl/N-ethyl adjacent to an activating group) is 3. The van der Waals surface area contributed by atoms with Crippen LogP contribution in [-0.2, 0) is 86.6 Å². The van der Waals surface area contributed by atoms with E-state index < -0.39 is 43.5 Å². The monoisotopic (exact) mass is 2140 g/mol. The van der Waals surface area contributed by atoms with Gasteiger partial charge in [0.15, 0.2) is 40.9 Å². The van der Waals surface area contributed by atoms with Gasteiger partial charge in [0.05, 0.1) is 65.5 Å². The molecule has 12 N–H and O–H groups in total. The van der Waals surface area contributed by atoms with E-state index in [1.165, 1.54) is 41.4 Å². The molecule has 14 aromatic rings. The van der Waals surface area contributed by atoms with Gasteiger partial charge in [0, 0.05) is 93.4 Å². The summed E-state index contributed by atoms with van der Waals surface area (Å²) >= 11 is 16.1. The molecule has 36 heteroatoms. The number of thiophene rings is 2. The molecule has 19 rings (SSSR count). The molecule has 145 heavy (non-hydrogen) atoms. The number of aromatic nitrogens is 3. The van der Waals surface area contributed by atoms with Gasteiger partial charge in [-0.2, -0.15) is 5.26 Å². The third-order valence-electron chi connectivity index (χ3n) is 26.0. The third-order valence-corrected chi connectivity index (χ3v) is 30.2. The van der Waals surface area contributed by atoms with E-state index >= 15 is 0 Å². The van der Waals surface area contributed by atoms with E-state index in [1.54, 1.807) is 95.2 Å². The number of pyridine rings is 1. The first-order chi connectivity index (χ1) is 68.9. The van der Waals surface area contributed by atoms with Crippen molar-refractivity contribution in [3.05, 3.63) is 381 Å². The Morgan fingerprint density at radius 1 is 0.572 bits per heavy atom. The number of nitriles is 1. The van der Waals surface area contributed by atoms with E-state index in [2.05, 4.69) is 123 Å². The summed E-state index contributed by atoms with van der Waals surface area (Å²) in [6.45, 7) is 14.8. The molecule has 30 nitrogen and oxygen atoms in total. The van der Waals surface area contributed by atoms with Crippen LogP contribution in [0.2, 0.25) is 5.02 Å². The number of rotatable bonds is 19. The van der Waals surface area contributed by atoms with Crippen LogP contribution in [-0.4, -0.2) is 148 Å². The lowest BCUT2D eigenvalue weighted by Gasteiger charge is -2.41. The molecule has 5 aliphatic rings. The van der Waals surface area contributed by atoms with Crippen molar-refractivity contribution >= 4 is 152 Å². The molecule has 0 fully saturated rings. The van der Waals surface area contributed by atoms with Crippen molar-refractivity contribution in [1.82, 2.24) is 49.7 Å². The number of carbonyl (C=O) groups is 6. The average Bonchev–Trinajstić information content (AvgIpc) is 1.67. The van der Waals surface area contributed by atoms with Crippen molar-refractivity contribution in [2.24, 2.45) is 53.6 Å². The van der Waals surface area contributed by atoms with E-state index in [0.29, 0.717) is 38.6 Å². The predicted octanol–water partition coefficient (Wildman–Crippen LogP) is 17.4. The summed E-state index contributed by atoms with van der Waals surface area (Å²) < 4.78 is 32.6. The second-order valence-electron chi connectivity index (χ2n) is 37.1. The van der Waals surface area contributed by atoms with E-state index in [0.717, 1.165) is 104 Å². The molecule has 0 saturated carbocycles. The molecule has 0 saturated heterocycles. The molecule has 6 atom stereocenters. The number of aliphatic imine (C=N–C) groups is 5. The first-order valence-corrected chi connectivity index (χ1v) is 51.5. The Morgan fingerprint density at radius 3 is 1.86 bits per heavy atom. The fourth-order valence-corrected chi connectivity index (χ4v) is 21.1. The molecule has 0 aliphatic carbocycles. The summed E-state index contributed by atoms with van der Waals surface area (Å²) in [7, 11) is 3.19. The van der Waals surface area contributed by atoms with Gasteiger partial charge in [-0.25, -0.2) is 38.1 Å². The minimum atomic E-state index is -3.35. The number of nitrogens with zero attached hydrogens (tertiary/aromatic N) is 14. The van der Waals surface area contributed by atoms with Crippen LogP contribution < -0.4 is 38.7 Å². The maximum absolute atomic E-state index is 14.0. The number of nitrogens with two attached hydrogens (primary N) is 5. The number of benzene rings is 9. The summed E-state index contributed by atoms with van der Waals surface area (Å²) in [5, 5.41) is 25.8. The number of nitrogens with one attached hydrogen (secondary N) is 2. The summed E-state index contributed by atoms with van der Waals surface area (Å²) in [6.07, 6.45) is 2.96. The van der Waals surface area contributed by atoms with Crippen molar-refractivity contribution in [3.63, 3.8) is 0 Å². The number of amides is 6. The number of hydrogen-bond donors (Lipinski definition) is 7. The minimum Gasteiger partial charge on any atom is -0.464 e. The zero-order valence-electron chi connectivity index (χ0n) is 81.4. The summed E-state index contributed by atoms with van der Waals surface area (Å²) in [6, 6.07) is 86.9. The van der Waals surface area contributed by atoms with Crippen LogP contribution in [0, 0.1) is 11.3 Å². The van der Waals surface area contributed by atoms with Crippen molar-refractivity contribution in [2.45, 2.75) is 119 Å². The molecule has 5 aromatic heterocycles. The van der Waals surface area contributed by atoms with Crippen LogP contribution in [0.5, 0.6) is 0 Å². The largest absolute Gasteiger partial charge is 0.464 e. The number of carbonyl (C=O) groups excluding carboxylic acids is 6. The number of guanidine groups is 5. The molecular weight excluding hydrogens is 2040 g/mol. The van der Waals surface area contributed by atoms with Crippen molar-refractivity contribution in [3.8, 4) is 39.7 Å². The Bertz CT molecular complexity index is 7590. The van der Waals surface area contributed by atoms with Crippen LogP contribution in [0.1, 0.15) is 148 Å². The number of hydrogen-bond acceptors (Lipinski definition) is 25. The lowest BCUT2D eigenvalue weighted by atomic mass is 9.72. The summed E-state index contributed by atoms with van der Waals surface area (Å²) in [5.41, 5.74) is 40.6. The Kier molecular flexibility index (Phi) is 30.8. The van der Waals surface area contributed by atoms with Gasteiger partial charge < -0.3 is 38.4 Å². The SMILES string of the molecule is CN1C(=O)C(C)(c2cccc(-c3cc(Cl)ccc3CNS(C)(=O)=O)c2)N=C1N.CN1C(=O)C(c2ccc3occc3c2)[C@@](C)(c2cc(-c3ccc(Br)nn3)cs2)N=C1N.CN1C(=O)C[C@@](C)(c2cccc(-c3cccc(C#N)c3)n2)N=C1N.CN1C(=O)[C@](C)(c2ccc(C(C)(C)C)cc2)[C@@H](c2cc(Br)cs2)N=C1N.NC1=NC(c2ccccc2)(c2ccccc2)C(=O)N1Cc1cccc(C(=O)NCc2ccccc2)c1. The highest BCUT2D eigenvalue weighted by Gasteiger charge is 2.53. The fraction of sp³-hybridized carbons (Fsp3) is 0.220. The van der Waals surface area contributed by atoms with E-state index in [1.807, 2.05) is 238 Å². The number of fused-ring (bicyclic) bond motifs is 1. The third kappa shape index (κ3) is 22.4. The highest BCUT2D eigenvalue weighted by molar-refractivity contribution is 9.10. The molecule has 0 spiro atoms.